The predicted molar refractivity (Wildman–Crippen MR) is 97.2 cm³/mol. The minimum absolute atomic E-state index is 0.194. The van der Waals surface area contributed by atoms with E-state index in [0.717, 1.165) is 11.1 Å². The molecule has 0 aromatic heterocycles. The van der Waals surface area contributed by atoms with Gasteiger partial charge in [0.05, 0.1) is 34.0 Å². The van der Waals surface area contributed by atoms with E-state index in [0.29, 0.717) is 28.6 Å². The lowest BCUT2D eigenvalue weighted by molar-refractivity contribution is 0.104. The molecule has 132 valence electrons. The van der Waals surface area contributed by atoms with Crippen molar-refractivity contribution in [2.24, 2.45) is 0 Å². The number of benzene rings is 2. The standard InChI is InChI=1S/C20H22O5/c1-13-10-20(25-5)16(12-19(13)24-4)17(21)8-6-14-11-15(22-2)7-9-18(14)23-3/h6-12H,1-5H3/b8-6+. The first-order chi connectivity index (χ1) is 12.0. The summed E-state index contributed by atoms with van der Waals surface area (Å²) < 4.78 is 21.2. The third-order valence-electron chi connectivity index (χ3n) is 3.83. The second kappa shape index (κ2) is 8.24. The summed E-state index contributed by atoms with van der Waals surface area (Å²) in [5.41, 5.74) is 2.07. The highest BCUT2D eigenvalue weighted by atomic mass is 16.5. The summed E-state index contributed by atoms with van der Waals surface area (Å²) in [7, 11) is 6.27. The summed E-state index contributed by atoms with van der Waals surface area (Å²) in [6, 6.07) is 8.86. The van der Waals surface area contributed by atoms with E-state index in [1.54, 1.807) is 57.7 Å². The van der Waals surface area contributed by atoms with Gasteiger partial charge in [-0.15, -0.1) is 0 Å². The van der Waals surface area contributed by atoms with E-state index < -0.39 is 0 Å². The highest BCUT2D eigenvalue weighted by Gasteiger charge is 2.14. The molecule has 0 aliphatic heterocycles. The predicted octanol–water partition coefficient (Wildman–Crippen LogP) is 3.93. The van der Waals surface area contributed by atoms with E-state index in [1.165, 1.54) is 13.2 Å². The van der Waals surface area contributed by atoms with Crippen molar-refractivity contribution in [2.75, 3.05) is 28.4 Å². The fourth-order valence-corrected chi connectivity index (χ4v) is 2.47. The smallest absolute Gasteiger partial charge is 0.189 e. The fourth-order valence-electron chi connectivity index (χ4n) is 2.47. The van der Waals surface area contributed by atoms with Gasteiger partial charge in [0.2, 0.25) is 0 Å². The maximum Gasteiger partial charge on any atom is 0.189 e. The van der Waals surface area contributed by atoms with E-state index in [1.807, 2.05) is 6.92 Å². The molecule has 2 aromatic carbocycles. The molecule has 0 saturated carbocycles. The summed E-state index contributed by atoms with van der Waals surface area (Å²) in [6.45, 7) is 1.90. The average Bonchev–Trinajstić information content (AvgIpc) is 2.65. The zero-order valence-corrected chi connectivity index (χ0v) is 15.1. The van der Waals surface area contributed by atoms with Crippen LogP contribution in [-0.2, 0) is 0 Å². The molecule has 0 aliphatic rings. The zero-order chi connectivity index (χ0) is 18.4. The molecule has 0 radical (unpaired) electrons. The molecular formula is C20H22O5. The third-order valence-corrected chi connectivity index (χ3v) is 3.83. The minimum atomic E-state index is -0.194. The van der Waals surface area contributed by atoms with Crippen LogP contribution < -0.4 is 18.9 Å². The fraction of sp³-hybridized carbons (Fsp3) is 0.250. The molecule has 2 aromatic rings. The molecule has 0 heterocycles. The summed E-state index contributed by atoms with van der Waals surface area (Å²) in [4.78, 5) is 12.6. The lowest BCUT2D eigenvalue weighted by Crippen LogP contribution is -2.01. The van der Waals surface area contributed by atoms with Crippen LogP contribution in [0.25, 0.3) is 6.08 Å². The molecular weight excluding hydrogens is 320 g/mol. The normalized spacial score (nSPS) is 10.6. The van der Waals surface area contributed by atoms with Crippen LogP contribution in [0.3, 0.4) is 0 Å². The van der Waals surface area contributed by atoms with Crippen LogP contribution in [0.1, 0.15) is 21.5 Å². The number of ketones is 1. The summed E-state index contributed by atoms with van der Waals surface area (Å²) >= 11 is 0. The number of hydrogen-bond acceptors (Lipinski definition) is 5. The summed E-state index contributed by atoms with van der Waals surface area (Å²) in [6.07, 6.45) is 3.17. The molecule has 0 atom stereocenters. The van der Waals surface area contributed by atoms with Crippen molar-refractivity contribution >= 4 is 11.9 Å². The molecule has 25 heavy (non-hydrogen) atoms. The van der Waals surface area contributed by atoms with Gasteiger partial charge in [0.1, 0.15) is 23.0 Å². The quantitative estimate of drug-likeness (QED) is 0.564. The molecule has 0 fully saturated rings. The number of allylic oxidation sites excluding steroid dienone is 1. The number of methoxy groups -OCH3 is 4. The Kier molecular flexibility index (Phi) is 6.06. The maximum atomic E-state index is 12.6. The molecule has 0 unspecified atom stereocenters. The Morgan fingerprint density at radius 1 is 0.840 bits per heavy atom. The maximum absolute atomic E-state index is 12.6. The second-order valence-corrected chi connectivity index (χ2v) is 5.33. The first-order valence-corrected chi connectivity index (χ1v) is 7.71. The number of ether oxygens (including phenoxy) is 4. The first-order valence-electron chi connectivity index (χ1n) is 7.71. The second-order valence-electron chi connectivity index (χ2n) is 5.33. The summed E-state index contributed by atoms with van der Waals surface area (Å²) in [5.74, 6) is 2.28. The molecule has 0 aliphatic carbocycles. The molecule has 0 bridgehead atoms. The first kappa shape index (κ1) is 18.4. The number of carbonyl (C=O) groups excluding carboxylic acids is 1. The lowest BCUT2D eigenvalue weighted by Gasteiger charge is -2.11. The summed E-state index contributed by atoms with van der Waals surface area (Å²) in [5, 5.41) is 0. The van der Waals surface area contributed by atoms with Gasteiger partial charge in [0, 0.05) is 5.56 Å². The van der Waals surface area contributed by atoms with Crippen molar-refractivity contribution in [3.05, 3.63) is 53.1 Å². The molecule has 5 nitrogen and oxygen atoms in total. The van der Waals surface area contributed by atoms with Crippen LogP contribution in [0.2, 0.25) is 0 Å². The highest BCUT2D eigenvalue weighted by molar-refractivity contribution is 6.09. The Morgan fingerprint density at radius 2 is 1.52 bits per heavy atom. The topological polar surface area (TPSA) is 54.0 Å². The van der Waals surface area contributed by atoms with Crippen molar-refractivity contribution in [3.63, 3.8) is 0 Å². The van der Waals surface area contributed by atoms with Crippen LogP contribution in [0.15, 0.2) is 36.4 Å². The van der Waals surface area contributed by atoms with Crippen molar-refractivity contribution in [2.45, 2.75) is 6.92 Å². The lowest BCUT2D eigenvalue weighted by atomic mass is 10.0. The van der Waals surface area contributed by atoms with Gasteiger partial charge in [-0.3, -0.25) is 4.79 Å². The molecule has 0 spiro atoms. The molecule has 0 saturated heterocycles. The average molecular weight is 342 g/mol. The SMILES string of the molecule is COc1ccc(OC)c(/C=C/C(=O)c2cc(OC)c(C)cc2OC)c1. The van der Waals surface area contributed by atoms with Crippen LogP contribution in [0, 0.1) is 6.92 Å². The molecule has 5 heteroatoms. The van der Waals surface area contributed by atoms with E-state index >= 15 is 0 Å². The monoisotopic (exact) mass is 342 g/mol. The third kappa shape index (κ3) is 4.12. The Morgan fingerprint density at radius 3 is 2.12 bits per heavy atom. The molecule has 0 N–H and O–H groups in total. The molecule has 2 rings (SSSR count). The number of hydrogen-bond donors (Lipinski definition) is 0. The van der Waals surface area contributed by atoms with E-state index in [-0.39, 0.29) is 5.78 Å². The van der Waals surface area contributed by atoms with Gasteiger partial charge in [-0.05, 0) is 55.0 Å². The number of rotatable bonds is 7. The zero-order valence-electron chi connectivity index (χ0n) is 15.1. The van der Waals surface area contributed by atoms with Crippen LogP contribution >= 0.6 is 0 Å². The highest BCUT2D eigenvalue weighted by Crippen LogP contribution is 2.30. The molecule has 0 amide bonds. The van der Waals surface area contributed by atoms with Crippen molar-refractivity contribution < 1.29 is 23.7 Å². The Balaban J connectivity index is 2.38. The van der Waals surface area contributed by atoms with Crippen molar-refractivity contribution in [1.82, 2.24) is 0 Å². The van der Waals surface area contributed by atoms with Gasteiger partial charge in [-0.1, -0.05) is 0 Å². The largest absolute Gasteiger partial charge is 0.497 e. The van der Waals surface area contributed by atoms with Crippen LogP contribution in [0.5, 0.6) is 23.0 Å². The van der Waals surface area contributed by atoms with E-state index in [4.69, 9.17) is 18.9 Å². The van der Waals surface area contributed by atoms with Crippen molar-refractivity contribution in [1.29, 1.82) is 0 Å². The van der Waals surface area contributed by atoms with Crippen LogP contribution in [-0.4, -0.2) is 34.2 Å². The van der Waals surface area contributed by atoms with Gasteiger partial charge in [0.15, 0.2) is 5.78 Å². The van der Waals surface area contributed by atoms with Crippen LogP contribution in [0.4, 0.5) is 0 Å². The van der Waals surface area contributed by atoms with Gasteiger partial charge < -0.3 is 18.9 Å². The minimum Gasteiger partial charge on any atom is -0.497 e. The van der Waals surface area contributed by atoms with Gasteiger partial charge in [0.25, 0.3) is 0 Å². The van der Waals surface area contributed by atoms with E-state index in [2.05, 4.69) is 0 Å². The van der Waals surface area contributed by atoms with Gasteiger partial charge >= 0.3 is 0 Å². The Bertz CT molecular complexity index is 793. The Labute approximate surface area is 147 Å². The Hall–Kier alpha value is -2.95. The van der Waals surface area contributed by atoms with Crippen molar-refractivity contribution in [3.8, 4) is 23.0 Å². The van der Waals surface area contributed by atoms with Gasteiger partial charge in [-0.25, -0.2) is 0 Å². The number of carbonyl (C=O) groups is 1. The van der Waals surface area contributed by atoms with Gasteiger partial charge in [-0.2, -0.15) is 0 Å². The number of aryl methyl sites for hydroxylation is 1. The van der Waals surface area contributed by atoms with E-state index in [9.17, 15) is 4.79 Å².